The molecule has 0 spiro atoms. The lowest BCUT2D eigenvalue weighted by Gasteiger charge is -2.17. The highest BCUT2D eigenvalue weighted by Crippen LogP contribution is 2.57. The SMILES string of the molecule is O=C(/C=C/c1cnc(NC2Cc3ccccc3C2)nc1)N1C[C@@H]2C(c3cn[nH]n3)[C@@H]2C1. The van der Waals surface area contributed by atoms with Gasteiger partial charge in [0.2, 0.25) is 11.9 Å². The Bertz CT molecular complexity index is 1090. The van der Waals surface area contributed by atoms with Gasteiger partial charge in [-0.05, 0) is 41.9 Å². The number of carbonyl (C=O) groups excluding carboxylic acids is 1. The lowest BCUT2D eigenvalue weighted by molar-refractivity contribution is -0.125. The van der Waals surface area contributed by atoms with Crippen LogP contribution in [0.3, 0.4) is 0 Å². The van der Waals surface area contributed by atoms with Gasteiger partial charge in [-0.3, -0.25) is 4.79 Å². The van der Waals surface area contributed by atoms with Crippen LogP contribution >= 0.6 is 0 Å². The van der Waals surface area contributed by atoms with Gasteiger partial charge in [0, 0.05) is 49.1 Å². The number of anilines is 1. The van der Waals surface area contributed by atoms with Crippen LogP contribution in [0.5, 0.6) is 0 Å². The topological polar surface area (TPSA) is 99.7 Å². The van der Waals surface area contributed by atoms with Crippen molar-refractivity contribution in [1.82, 2.24) is 30.3 Å². The predicted octanol–water partition coefficient (Wildman–Crippen LogP) is 2.06. The fourth-order valence-electron chi connectivity index (χ4n) is 5.13. The summed E-state index contributed by atoms with van der Waals surface area (Å²) in [6, 6.07) is 8.85. The molecule has 8 heteroatoms. The van der Waals surface area contributed by atoms with Crippen LogP contribution in [-0.2, 0) is 17.6 Å². The molecule has 31 heavy (non-hydrogen) atoms. The maximum Gasteiger partial charge on any atom is 0.246 e. The third-order valence-electron chi connectivity index (χ3n) is 6.76. The summed E-state index contributed by atoms with van der Waals surface area (Å²) in [4.78, 5) is 23.3. The largest absolute Gasteiger partial charge is 0.351 e. The lowest BCUT2D eigenvalue weighted by atomic mass is 10.1. The molecule has 0 bridgehead atoms. The second-order valence-corrected chi connectivity index (χ2v) is 8.68. The molecule has 2 N–H and O–H groups in total. The van der Waals surface area contributed by atoms with Crippen molar-refractivity contribution in [3.8, 4) is 0 Å². The Morgan fingerprint density at radius 3 is 2.42 bits per heavy atom. The van der Waals surface area contributed by atoms with Gasteiger partial charge in [-0.15, -0.1) is 0 Å². The summed E-state index contributed by atoms with van der Waals surface area (Å²) >= 11 is 0. The molecule has 3 aromatic rings. The van der Waals surface area contributed by atoms with Crippen LogP contribution in [0.25, 0.3) is 6.08 Å². The minimum Gasteiger partial charge on any atom is -0.351 e. The van der Waals surface area contributed by atoms with E-state index in [0.29, 0.717) is 29.7 Å². The van der Waals surface area contributed by atoms with Gasteiger partial charge >= 0.3 is 0 Å². The Labute approximate surface area is 179 Å². The molecule has 3 heterocycles. The van der Waals surface area contributed by atoms with Gasteiger partial charge in [0.05, 0.1) is 11.9 Å². The number of aromatic nitrogens is 5. The zero-order valence-corrected chi connectivity index (χ0v) is 17.0. The Hall–Kier alpha value is -3.55. The molecule has 1 unspecified atom stereocenters. The highest BCUT2D eigenvalue weighted by Gasteiger charge is 2.58. The highest BCUT2D eigenvalue weighted by molar-refractivity contribution is 5.92. The molecule has 8 nitrogen and oxygen atoms in total. The number of likely N-dealkylation sites (tertiary alicyclic amines) is 1. The number of nitrogens with zero attached hydrogens (tertiary/aromatic N) is 5. The van der Waals surface area contributed by atoms with E-state index in [1.54, 1.807) is 30.7 Å². The van der Waals surface area contributed by atoms with Crippen LogP contribution < -0.4 is 5.32 Å². The Morgan fingerprint density at radius 2 is 1.77 bits per heavy atom. The monoisotopic (exact) mass is 413 g/mol. The number of H-pyrrole nitrogens is 1. The van der Waals surface area contributed by atoms with Gasteiger partial charge in [0.25, 0.3) is 0 Å². The molecular weight excluding hydrogens is 390 g/mol. The first-order chi connectivity index (χ1) is 15.2. The van der Waals surface area contributed by atoms with Gasteiger partial charge in [-0.25, -0.2) is 9.97 Å². The Morgan fingerprint density at radius 1 is 1.06 bits per heavy atom. The average molecular weight is 413 g/mol. The highest BCUT2D eigenvalue weighted by atomic mass is 16.2. The van der Waals surface area contributed by atoms with Gasteiger partial charge in [0.1, 0.15) is 0 Å². The molecule has 2 aromatic heterocycles. The molecule has 3 atom stereocenters. The number of rotatable bonds is 5. The van der Waals surface area contributed by atoms with E-state index in [1.165, 1.54) is 11.1 Å². The van der Waals surface area contributed by atoms with E-state index in [2.05, 4.69) is 55.0 Å². The number of piperidine rings is 1. The molecule has 1 aromatic carbocycles. The molecule has 2 aliphatic carbocycles. The minimum absolute atomic E-state index is 0.0389. The molecule has 1 saturated carbocycles. The molecule has 2 fully saturated rings. The molecule has 6 rings (SSSR count). The van der Waals surface area contributed by atoms with Crippen molar-refractivity contribution in [2.45, 2.75) is 24.8 Å². The number of aromatic amines is 1. The lowest BCUT2D eigenvalue weighted by Crippen LogP contribution is -2.29. The summed E-state index contributed by atoms with van der Waals surface area (Å²) in [6.45, 7) is 1.57. The van der Waals surface area contributed by atoms with Crippen LogP contribution in [0.2, 0.25) is 0 Å². The van der Waals surface area contributed by atoms with Gasteiger partial charge in [-0.1, -0.05) is 24.3 Å². The summed E-state index contributed by atoms with van der Waals surface area (Å²) in [5.41, 5.74) is 4.62. The first kappa shape index (κ1) is 18.2. The average Bonchev–Trinajstić information content (AvgIpc) is 3.29. The van der Waals surface area contributed by atoms with Crippen LogP contribution in [0.4, 0.5) is 5.95 Å². The van der Waals surface area contributed by atoms with E-state index in [0.717, 1.165) is 37.2 Å². The van der Waals surface area contributed by atoms with Crippen molar-refractivity contribution >= 4 is 17.9 Å². The van der Waals surface area contributed by atoms with E-state index in [9.17, 15) is 4.79 Å². The number of hydrogen-bond donors (Lipinski definition) is 2. The fourth-order valence-corrected chi connectivity index (χ4v) is 5.13. The van der Waals surface area contributed by atoms with Gasteiger partial charge in [0.15, 0.2) is 0 Å². The Balaban J connectivity index is 1.01. The normalized spacial score (nSPS) is 24.4. The molecular formula is C23H23N7O. The molecule has 1 aliphatic heterocycles. The quantitative estimate of drug-likeness (QED) is 0.621. The number of fused-ring (bicyclic) bond motifs is 2. The van der Waals surface area contributed by atoms with Crippen molar-refractivity contribution in [2.24, 2.45) is 11.8 Å². The second kappa shape index (κ2) is 7.30. The number of hydrogen-bond acceptors (Lipinski definition) is 6. The molecule has 156 valence electrons. The summed E-state index contributed by atoms with van der Waals surface area (Å²) in [5.74, 6) is 2.14. The third kappa shape index (κ3) is 3.48. The second-order valence-electron chi connectivity index (χ2n) is 8.68. The van der Waals surface area contributed by atoms with Crippen molar-refractivity contribution in [2.75, 3.05) is 18.4 Å². The maximum absolute atomic E-state index is 12.5. The van der Waals surface area contributed by atoms with Crippen LogP contribution in [0.1, 0.15) is 28.3 Å². The summed E-state index contributed by atoms with van der Waals surface area (Å²) in [7, 11) is 0. The summed E-state index contributed by atoms with van der Waals surface area (Å²) < 4.78 is 0. The molecule has 3 aliphatic rings. The number of nitrogens with one attached hydrogen (secondary N) is 2. The number of amides is 1. The predicted molar refractivity (Wildman–Crippen MR) is 115 cm³/mol. The van der Waals surface area contributed by atoms with Crippen molar-refractivity contribution in [3.05, 3.63) is 71.3 Å². The van der Waals surface area contributed by atoms with E-state index in [1.807, 2.05) is 4.90 Å². The number of carbonyl (C=O) groups is 1. The van der Waals surface area contributed by atoms with E-state index in [4.69, 9.17) is 0 Å². The van der Waals surface area contributed by atoms with Crippen LogP contribution in [0, 0.1) is 11.8 Å². The van der Waals surface area contributed by atoms with Crippen molar-refractivity contribution in [3.63, 3.8) is 0 Å². The smallest absolute Gasteiger partial charge is 0.246 e. The van der Waals surface area contributed by atoms with Crippen molar-refractivity contribution < 1.29 is 4.79 Å². The molecule has 1 saturated heterocycles. The zero-order valence-electron chi connectivity index (χ0n) is 17.0. The van der Waals surface area contributed by atoms with E-state index < -0.39 is 0 Å². The van der Waals surface area contributed by atoms with Crippen LogP contribution in [0.15, 0.2) is 48.9 Å². The van der Waals surface area contributed by atoms with Gasteiger partial charge < -0.3 is 10.2 Å². The maximum atomic E-state index is 12.5. The first-order valence-electron chi connectivity index (χ1n) is 10.7. The standard InChI is InChI=1S/C23H23N7O/c31-21(30-12-18-19(13-30)22(18)20-11-26-29-28-20)6-5-14-9-24-23(25-10-14)27-17-7-15-3-1-2-4-16(15)8-17/h1-6,9-11,17-19,22H,7-8,12-13H2,(H,24,25,27)(H,26,28,29)/b6-5+/t18-,19+,22?. The van der Waals surface area contributed by atoms with Crippen LogP contribution in [-0.4, -0.2) is 55.3 Å². The van der Waals surface area contributed by atoms with Crippen molar-refractivity contribution in [1.29, 1.82) is 0 Å². The Kier molecular flexibility index (Phi) is 4.29. The van der Waals surface area contributed by atoms with E-state index >= 15 is 0 Å². The third-order valence-corrected chi connectivity index (χ3v) is 6.76. The molecule has 1 amide bonds. The molecule has 0 radical (unpaired) electrons. The zero-order chi connectivity index (χ0) is 20.8. The first-order valence-corrected chi connectivity index (χ1v) is 10.7. The number of benzene rings is 1. The van der Waals surface area contributed by atoms with E-state index in [-0.39, 0.29) is 5.91 Å². The fraction of sp³-hybridized carbons (Fsp3) is 0.348. The minimum atomic E-state index is 0.0389. The summed E-state index contributed by atoms with van der Waals surface area (Å²) in [5, 5.41) is 14.2. The summed E-state index contributed by atoms with van der Waals surface area (Å²) in [6.07, 6.45) is 10.7. The van der Waals surface area contributed by atoms with Gasteiger partial charge in [-0.2, -0.15) is 15.4 Å².